The molecule has 1 aromatic carbocycles. The van der Waals surface area contributed by atoms with E-state index in [2.05, 4.69) is 26.0 Å². The molecule has 9 heteroatoms. The fourth-order valence-corrected chi connectivity index (χ4v) is 1.97. The molecule has 0 aliphatic carbocycles. The number of carbonyl (C=O) groups is 2. The van der Waals surface area contributed by atoms with E-state index in [0.29, 0.717) is 23.0 Å². The lowest BCUT2D eigenvalue weighted by atomic mass is 10.2. The largest absolute Gasteiger partial charge is 0.355 e. The highest BCUT2D eigenvalue weighted by Crippen LogP contribution is 2.23. The van der Waals surface area contributed by atoms with Crippen LogP contribution in [0, 0.1) is 0 Å². The van der Waals surface area contributed by atoms with Crippen LogP contribution in [0.4, 0.5) is 0 Å². The van der Waals surface area contributed by atoms with Gasteiger partial charge in [-0.3, -0.25) is 9.59 Å². The lowest BCUT2D eigenvalue weighted by Crippen LogP contribution is -2.38. The van der Waals surface area contributed by atoms with Crippen LogP contribution in [0.3, 0.4) is 0 Å². The van der Waals surface area contributed by atoms with E-state index in [-0.39, 0.29) is 24.9 Å². The van der Waals surface area contributed by atoms with Gasteiger partial charge in [0.2, 0.25) is 17.6 Å². The van der Waals surface area contributed by atoms with Crippen molar-refractivity contribution in [2.24, 2.45) is 0 Å². The molecule has 0 bridgehead atoms. The highest BCUT2D eigenvalue weighted by molar-refractivity contribution is 6.33. The third-order valence-electron chi connectivity index (χ3n) is 2.87. The third kappa shape index (κ3) is 5.03. The molecular formula is C14H17ClN6O2. The summed E-state index contributed by atoms with van der Waals surface area (Å²) in [4.78, 5) is 24.3. The number of tetrazole rings is 1. The molecule has 0 radical (unpaired) electrons. The minimum Gasteiger partial charge on any atom is -0.355 e. The number of hydrogen-bond acceptors (Lipinski definition) is 5. The molecule has 0 aliphatic heterocycles. The average molecular weight is 337 g/mol. The van der Waals surface area contributed by atoms with Crippen molar-refractivity contribution < 1.29 is 9.59 Å². The van der Waals surface area contributed by atoms with Gasteiger partial charge in [0.1, 0.15) is 6.54 Å². The van der Waals surface area contributed by atoms with Gasteiger partial charge >= 0.3 is 0 Å². The molecule has 2 amide bonds. The number of amides is 2. The van der Waals surface area contributed by atoms with Gasteiger partial charge in [-0.25, -0.2) is 0 Å². The summed E-state index contributed by atoms with van der Waals surface area (Å²) in [6, 6.07) is 7.10. The topological polar surface area (TPSA) is 102 Å². The van der Waals surface area contributed by atoms with Crippen molar-refractivity contribution >= 4 is 23.4 Å². The Kier molecular flexibility index (Phi) is 6.04. The maximum absolute atomic E-state index is 11.8. The molecule has 0 saturated heterocycles. The summed E-state index contributed by atoms with van der Waals surface area (Å²) in [6.45, 7) is 2.33. The normalized spacial score (nSPS) is 10.3. The molecule has 1 heterocycles. The van der Waals surface area contributed by atoms with Crippen LogP contribution in [0.5, 0.6) is 0 Å². The Hall–Kier alpha value is -2.48. The minimum absolute atomic E-state index is 0.0785. The van der Waals surface area contributed by atoms with Gasteiger partial charge in [-0.15, -0.1) is 10.2 Å². The van der Waals surface area contributed by atoms with Crippen LogP contribution in [0.15, 0.2) is 24.3 Å². The van der Waals surface area contributed by atoms with E-state index >= 15 is 0 Å². The second-order valence-electron chi connectivity index (χ2n) is 4.75. The SMILES string of the molecule is CCCNC(=O)CNC(=O)Cn1nnc(-c2ccccc2Cl)n1. The lowest BCUT2D eigenvalue weighted by Gasteiger charge is -2.05. The van der Waals surface area contributed by atoms with Crippen LogP contribution in [0.2, 0.25) is 5.02 Å². The molecule has 2 aromatic rings. The van der Waals surface area contributed by atoms with Crippen molar-refractivity contribution in [2.75, 3.05) is 13.1 Å². The van der Waals surface area contributed by atoms with E-state index in [1.807, 2.05) is 13.0 Å². The Morgan fingerprint density at radius 2 is 2.00 bits per heavy atom. The van der Waals surface area contributed by atoms with Gasteiger partial charge in [0.25, 0.3) is 0 Å². The highest BCUT2D eigenvalue weighted by atomic mass is 35.5. The predicted molar refractivity (Wildman–Crippen MR) is 84.6 cm³/mol. The summed E-state index contributed by atoms with van der Waals surface area (Å²) in [5, 5.41) is 17.4. The summed E-state index contributed by atoms with van der Waals surface area (Å²) >= 11 is 6.06. The van der Waals surface area contributed by atoms with Crippen molar-refractivity contribution in [2.45, 2.75) is 19.9 Å². The summed E-state index contributed by atoms with van der Waals surface area (Å²) in [6.07, 6.45) is 0.841. The summed E-state index contributed by atoms with van der Waals surface area (Å²) in [7, 11) is 0. The van der Waals surface area contributed by atoms with Crippen LogP contribution in [-0.2, 0) is 16.1 Å². The molecule has 1 aromatic heterocycles. The molecule has 2 N–H and O–H groups in total. The van der Waals surface area contributed by atoms with Gasteiger partial charge in [0, 0.05) is 12.1 Å². The van der Waals surface area contributed by atoms with Crippen LogP contribution in [0.25, 0.3) is 11.4 Å². The zero-order valence-electron chi connectivity index (χ0n) is 12.6. The van der Waals surface area contributed by atoms with Crippen molar-refractivity contribution in [3.8, 4) is 11.4 Å². The van der Waals surface area contributed by atoms with E-state index in [1.165, 1.54) is 0 Å². The molecule has 0 aliphatic rings. The molecule has 0 saturated carbocycles. The quantitative estimate of drug-likeness (QED) is 0.772. The highest BCUT2D eigenvalue weighted by Gasteiger charge is 2.12. The summed E-state index contributed by atoms with van der Waals surface area (Å²) in [5.41, 5.74) is 0.639. The first kappa shape index (κ1) is 16.9. The van der Waals surface area contributed by atoms with E-state index in [0.717, 1.165) is 11.2 Å². The first-order valence-corrected chi connectivity index (χ1v) is 7.54. The number of nitrogens with zero attached hydrogens (tertiary/aromatic N) is 4. The summed E-state index contributed by atoms with van der Waals surface area (Å²) in [5.74, 6) is -0.271. The van der Waals surface area contributed by atoms with Crippen molar-refractivity contribution in [1.29, 1.82) is 0 Å². The van der Waals surface area contributed by atoms with Crippen LogP contribution >= 0.6 is 11.6 Å². The molecule has 0 unspecified atom stereocenters. The van der Waals surface area contributed by atoms with E-state index in [4.69, 9.17) is 11.6 Å². The number of aromatic nitrogens is 4. The van der Waals surface area contributed by atoms with Gasteiger partial charge in [-0.2, -0.15) is 4.80 Å². The van der Waals surface area contributed by atoms with E-state index < -0.39 is 0 Å². The Labute approximate surface area is 138 Å². The predicted octanol–water partition coefficient (Wildman–Crippen LogP) is 0.636. The van der Waals surface area contributed by atoms with Gasteiger partial charge < -0.3 is 10.6 Å². The van der Waals surface area contributed by atoms with E-state index in [1.54, 1.807) is 18.2 Å². The van der Waals surface area contributed by atoms with Gasteiger partial charge in [0.15, 0.2) is 0 Å². The molecule has 23 heavy (non-hydrogen) atoms. The van der Waals surface area contributed by atoms with Crippen molar-refractivity contribution in [1.82, 2.24) is 30.8 Å². The van der Waals surface area contributed by atoms with Crippen LogP contribution < -0.4 is 10.6 Å². The maximum Gasteiger partial charge on any atom is 0.244 e. The Bertz CT molecular complexity index is 687. The van der Waals surface area contributed by atoms with Crippen molar-refractivity contribution in [3.05, 3.63) is 29.3 Å². The number of benzene rings is 1. The van der Waals surface area contributed by atoms with Crippen LogP contribution in [0.1, 0.15) is 13.3 Å². The second-order valence-corrected chi connectivity index (χ2v) is 5.16. The number of nitrogens with one attached hydrogen (secondary N) is 2. The van der Waals surface area contributed by atoms with Crippen LogP contribution in [-0.4, -0.2) is 45.1 Å². The monoisotopic (exact) mass is 336 g/mol. The number of carbonyl (C=O) groups excluding carboxylic acids is 2. The molecular weight excluding hydrogens is 320 g/mol. The molecule has 122 valence electrons. The minimum atomic E-state index is -0.375. The third-order valence-corrected chi connectivity index (χ3v) is 3.20. The Morgan fingerprint density at radius 3 is 2.74 bits per heavy atom. The van der Waals surface area contributed by atoms with E-state index in [9.17, 15) is 9.59 Å². The number of rotatable bonds is 7. The van der Waals surface area contributed by atoms with Gasteiger partial charge in [-0.05, 0) is 23.8 Å². The smallest absolute Gasteiger partial charge is 0.244 e. The first-order valence-electron chi connectivity index (χ1n) is 7.16. The Balaban J connectivity index is 1.88. The van der Waals surface area contributed by atoms with Gasteiger partial charge in [0.05, 0.1) is 11.6 Å². The second kappa shape index (κ2) is 8.23. The number of hydrogen-bond donors (Lipinski definition) is 2. The fraction of sp³-hybridized carbons (Fsp3) is 0.357. The lowest BCUT2D eigenvalue weighted by molar-refractivity contribution is -0.126. The zero-order valence-corrected chi connectivity index (χ0v) is 13.4. The average Bonchev–Trinajstić information content (AvgIpc) is 2.99. The fourth-order valence-electron chi connectivity index (χ4n) is 1.75. The molecule has 2 rings (SSSR count). The molecule has 8 nitrogen and oxygen atoms in total. The van der Waals surface area contributed by atoms with Crippen molar-refractivity contribution in [3.63, 3.8) is 0 Å². The van der Waals surface area contributed by atoms with Gasteiger partial charge in [-0.1, -0.05) is 30.7 Å². The zero-order chi connectivity index (χ0) is 16.7. The summed E-state index contributed by atoms with van der Waals surface area (Å²) < 4.78 is 0. The maximum atomic E-state index is 11.8. The number of halogens is 1. The Morgan fingerprint density at radius 1 is 1.22 bits per heavy atom. The first-order chi connectivity index (χ1) is 11.1. The molecule has 0 spiro atoms. The molecule has 0 atom stereocenters. The standard InChI is InChI=1S/C14H17ClN6O2/c1-2-7-16-12(22)8-17-13(23)9-21-19-14(18-20-21)10-5-3-4-6-11(10)15/h3-6H,2,7-9H2,1H3,(H,16,22)(H,17,23). The molecule has 0 fully saturated rings.